The average molecular weight is 1800 g/mol. The van der Waals surface area contributed by atoms with Crippen molar-refractivity contribution in [2.75, 3.05) is 60.8 Å². The van der Waals surface area contributed by atoms with Gasteiger partial charge >= 0.3 is 19.5 Å². The van der Waals surface area contributed by atoms with E-state index in [9.17, 15) is 97.5 Å². The molecule has 37 heteroatoms. The molecule has 0 aromatic heterocycles. The highest BCUT2D eigenvalue weighted by molar-refractivity contribution is 7.54. The highest BCUT2D eigenvalue weighted by Crippen LogP contribution is 2.48. The summed E-state index contributed by atoms with van der Waals surface area (Å²) < 4.78 is 33.6. The van der Waals surface area contributed by atoms with Crippen LogP contribution in [-0.4, -0.2) is 261 Å². The van der Waals surface area contributed by atoms with Gasteiger partial charge in [-0.3, -0.25) is 77.0 Å². The smallest absolute Gasteiger partial charge is 0.340 e. The summed E-state index contributed by atoms with van der Waals surface area (Å²) in [5.41, 5.74) is 8.07. The third kappa shape index (κ3) is 36.8. The van der Waals surface area contributed by atoms with Crippen LogP contribution in [-0.2, 0) is 108 Å². The highest BCUT2D eigenvalue weighted by atomic mass is 31.2. The number of phenolic OH excluding ortho intramolecular Hbond substituents is 2. The van der Waals surface area contributed by atoms with E-state index in [4.69, 9.17) is 23.4 Å². The van der Waals surface area contributed by atoms with Crippen LogP contribution in [0.1, 0.15) is 158 Å². The van der Waals surface area contributed by atoms with Gasteiger partial charge in [0.25, 0.3) is 23.6 Å². The lowest BCUT2D eigenvalue weighted by Crippen LogP contribution is -2.62. The van der Waals surface area contributed by atoms with Crippen LogP contribution in [0.3, 0.4) is 0 Å². The molecule has 127 heavy (non-hydrogen) atoms. The number of hydroxylamine groups is 4. The predicted molar refractivity (Wildman–Crippen MR) is 469 cm³/mol. The van der Waals surface area contributed by atoms with E-state index in [-0.39, 0.29) is 107 Å². The van der Waals surface area contributed by atoms with Crippen molar-refractivity contribution in [3.63, 3.8) is 0 Å². The van der Waals surface area contributed by atoms with Crippen LogP contribution in [0.25, 0.3) is 0 Å². The maximum atomic E-state index is 14.3. The molecule has 4 bridgehead atoms. The fourth-order valence-corrected chi connectivity index (χ4v) is 15.4. The van der Waals surface area contributed by atoms with Crippen LogP contribution in [0.2, 0.25) is 0 Å². The molecule has 36 nitrogen and oxygen atoms in total. The average Bonchev–Trinajstić information content (AvgIpc) is 0.822. The summed E-state index contributed by atoms with van der Waals surface area (Å²) in [6, 6.07) is 5.78. The van der Waals surface area contributed by atoms with Crippen molar-refractivity contribution >= 4 is 84.6 Å². The van der Waals surface area contributed by atoms with Crippen molar-refractivity contribution in [1.29, 1.82) is 0 Å². The number of nitrogens with one attached hydrogen (secondary N) is 6. The number of aldehydes is 1. The number of carbonyl (C=O) groups is 13. The summed E-state index contributed by atoms with van der Waals surface area (Å²) in [6.45, 7) is 20.3. The van der Waals surface area contributed by atoms with E-state index in [1.807, 2.05) is 0 Å². The number of hydrogen-bond acceptors (Lipinski definition) is 28. The number of esters is 2. The number of aliphatic hydroxyl groups excluding tert-OH is 4. The Bertz CT molecular complexity index is 4270. The van der Waals surface area contributed by atoms with E-state index in [1.165, 1.54) is 107 Å². The summed E-state index contributed by atoms with van der Waals surface area (Å²) in [5.74, 6) is -11.7. The van der Waals surface area contributed by atoms with Gasteiger partial charge in [-0.25, -0.2) is 21.0 Å². The largest absolute Gasteiger partial charge is 0.508 e. The number of nitrogens with zero attached hydrogens (tertiary/aromatic N) is 4. The molecule has 2 unspecified atom stereocenters. The molecule has 4 aliphatic rings. The number of Topliss-reactive ketones (excluding diaryl/α,β-unsaturated/α-hetero) is 2. The molecule has 2 aromatic rings. The van der Waals surface area contributed by atoms with Gasteiger partial charge in [0.15, 0.2) is 0 Å². The molecule has 6 rings (SSSR count). The van der Waals surface area contributed by atoms with E-state index in [0.717, 1.165) is 10.1 Å². The van der Waals surface area contributed by atoms with Crippen LogP contribution in [0, 0.1) is 35.5 Å². The van der Waals surface area contributed by atoms with Gasteiger partial charge in [0.2, 0.25) is 23.6 Å². The molecule has 0 saturated carbocycles. The Hall–Kier alpha value is -10.2. The Balaban J connectivity index is 0.000000459. The van der Waals surface area contributed by atoms with E-state index in [0.29, 0.717) is 54.2 Å². The van der Waals surface area contributed by atoms with E-state index >= 15 is 0 Å². The number of aliphatic hydroxyl groups is 4. The quantitative estimate of drug-likeness (QED) is 0.0144. The molecule has 4 heterocycles. The lowest BCUT2D eigenvalue weighted by molar-refractivity contribution is -0.166. The molecule has 0 aliphatic carbocycles. The molecule has 2 saturated heterocycles. The first-order valence-electron chi connectivity index (χ1n) is 42.7. The van der Waals surface area contributed by atoms with E-state index in [1.54, 1.807) is 136 Å². The molecule has 2 aromatic carbocycles. The number of cyclic esters (lactones) is 2. The molecule has 704 valence electrons. The number of carbonyl (C=O) groups excluding carboxylic acids is 13. The number of aromatic hydroxyl groups is 2. The Morgan fingerprint density at radius 3 is 1.35 bits per heavy atom. The minimum Gasteiger partial charge on any atom is -0.508 e. The van der Waals surface area contributed by atoms with Crippen LogP contribution >= 0.6 is 7.60 Å². The Kier molecular flexibility index (Phi) is 47.7. The number of hydrogen-bond donors (Lipinski definition) is 12. The molecule has 12 N–H and O–H groups in total. The third-order valence-corrected chi connectivity index (χ3v) is 23.6. The first-order valence-corrected chi connectivity index (χ1v) is 44.5. The Morgan fingerprint density at radius 2 is 0.984 bits per heavy atom. The second kappa shape index (κ2) is 55.5. The second-order valence-electron chi connectivity index (χ2n) is 32.3. The summed E-state index contributed by atoms with van der Waals surface area (Å²) in [7, 11) is 2.29. The van der Waals surface area contributed by atoms with Gasteiger partial charge in [0.1, 0.15) is 84.0 Å². The molecule has 8 amide bonds. The summed E-state index contributed by atoms with van der Waals surface area (Å²) in [4.78, 5) is 180. The van der Waals surface area contributed by atoms with Gasteiger partial charge < -0.3 is 80.0 Å². The minimum atomic E-state index is -3.31. The van der Waals surface area contributed by atoms with Gasteiger partial charge in [0.05, 0.1) is 63.7 Å². The summed E-state index contributed by atoms with van der Waals surface area (Å²) in [6.07, 6.45) is 13.4. The normalized spacial score (nSPS) is 26.9. The fraction of sp³-hybridized carbons (Fsp3) is 0.567. The lowest BCUT2D eigenvalue weighted by atomic mass is 9.84. The van der Waals surface area contributed by atoms with Crippen molar-refractivity contribution in [2.24, 2.45) is 35.5 Å². The van der Waals surface area contributed by atoms with Crippen LogP contribution in [0.4, 0.5) is 0 Å². The van der Waals surface area contributed by atoms with Crippen LogP contribution < -0.4 is 32.1 Å². The zero-order chi connectivity index (χ0) is 94.9. The maximum Gasteiger partial charge on any atom is 0.340 e. The number of fused-ring (bicyclic) bond motifs is 4. The first-order chi connectivity index (χ1) is 60.0. The van der Waals surface area contributed by atoms with Crippen LogP contribution in [0.5, 0.6) is 11.5 Å². The van der Waals surface area contributed by atoms with Crippen molar-refractivity contribution in [3.05, 3.63) is 144 Å². The van der Waals surface area contributed by atoms with Crippen molar-refractivity contribution in [3.8, 4) is 11.5 Å². The minimum absolute atomic E-state index is 0.0247. The van der Waals surface area contributed by atoms with Crippen LogP contribution in [0.15, 0.2) is 133 Å². The first kappa shape index (κ1) is 109. The molecular formula is C90H133N10O26P. The zero-order valence-corrected chi connectivity index (χ0v) is 76.5. The number of benzene rings is 2. The van der Waals surface area contributed by atoms with Gasteiger partial charge in [-0.15, -0.1) is 0 Å². The lowest BCUT2D eigenvalue weighted by Gasteiger charge is -2.36. The summed E-state index contributed by atoms with van der Waals surface area (Å²) >= 11 is 0. The maximum absolute atomic E-state index is 14.3. The van der Waals surface area contributed by atoms with E-state index in [2.05, 4.69) is 37.0 Å². The van der Waals surface area contributed by atoms with Gasteiger partial charge in [-0.1, -0.05) is 127 Å². The molecule has 0 radical (unpaired) electrons. The highest BCUT2D eigenvalue weighted by Gasteiger charge is 2.43. The van der Waals surface area contributed by atoms with Gasteiger partial charge in [-0.2, -0.15) is 0 Å². The number of rotatable bonds is 25. The van der Waals surface area contributed by atoms with Gasteiger partial charge in [0, 0.05) is 83.6 Å². The number of ketones is 2. The molecule has 16 atom stereocenters. The second-order valence-corrected chi connectivity index (χ2v) is 34.3. The third-order valence-electron chi connectivity index (χ3n) is 21.6. The van der Waals surface area contributed by atoms with Crippen molar-refractivity contribution < 1.29 is 126 Å². The number of likely N-dealkylation sites (N-methyl/N-ethyl adjacent to an activating group) is 1. The fourth-order valence-electron chi connectivity index (χ4n) is 13.8. The Labute approximate surface area is 743 Å². The number of phenols is 2. The number of ether oxygens (including phenoxy) is 2. The van der Waals surface area contributed by atoms with E-state index < -0.39 is 175 Å². The number of hydrazine groups is 2. The van der Waals surface area contributed by atoms with Crippen molar-refractivity contribution in [2.45, 2.75) is 233 Å². The topological polar surface area (TPSA) is 501 Å². The SMILES string of the molecule is CC(=O)CC[C@H]1C(=O)N[C@@H](C(C)C)C(=O)N[C@@H](Cc2cccc(O)c2)C(=O)N2CCCC(N2)C(=O)O[C@H](/C(C)=C/C=O)C/C=C/C=C/[C@H](O)[C@H](C)[C@H]1O.CCOP(=O)(CC(=O)N(C)OC)OCC.CON(C)C(=O)/C=C/C=C(\C)[C@@H]1C/C=C/C=C/[C@H](O)[C@H](C)[C@@H](O)[C@@H](CCC(C)=O)C(=O)N[C@@H](C(C)C)C(=O)N[C@@H](Cc2cccc(O)c2)C(=O)N2CCCC(N2)C(=O)O1. The molecule has 2 fully saturated rings. The number of allylic oxidation sites excluding steroid dienone is 7. The standard InChI is InChI=1S/C43H61N5O11.C39H54N4O10.C8H18NO5P/c1-26(2)38-41(55)44-34(25-30-15-12-16-31(50)24-30)42(56)48-23-13-17-33(46-48)43(57)59-36(27(3)14-11-20-37(52)47(6)58-7)19-10-8-9-18-35(51)29(5)39(53)32(40(54)45-38)22-21-28(4)49;1-23(2)34-37(50)40-31(22-27-11-9-12-28(46)21-27)38(51)43-19-10-13-30(42-43)39(52)53-33(24(3)18-20-44)15-8-6-7-14-32(47)26(5)35(48)29(36(49)41-34)17-16-25(4)45;1-5-13-15(11,14-6-2)7-8(10)9(3)12-4/h8-12,14-16,18,20,24,26,29,32-36,38-39,46,50-51,53H,13,17,19,21-23,25H2,1-7H3,(H,44,55)(H,45,54);6-9,11-12,14,18,20-21,23,26,29-35,42,46-48H,10,13,15-17,19,22H2,1-5H3,(H,40,50)(H,41,49);5-7H2,1-4H3/b10-8+,18-9+,20-11+,27-14+;8-6+,14-7+,24-18+;/t29-,32+,33?,34-,35-,36-,38-,39+;26-,29+,30?,31-,32-,33-,34-,35+;/m00./s1. The Morgan fingerprint density at radius 1 is 0.583 bits per heavy atom. The zero-order valence-electron chi connectivity index (χ0n) is 75.6. The monoisotopic (exact) mass is 1800 g/mol. The predicted octanol–water partition coefficient (Wildman–Crippen LogP) is 5.59. The molecule has 0 spiro atoms. The van der Waals surface area contributed by atoms with Gasteiger partial charge in [-0.05, 0) is 145 Å². The molecular weight excluding hydrogens is 1670 g/mol. The molecule has 4 aliphatic heterocycles. The van der Waals surface area contributed by atoms with Crippen molar-refractivity contribution in [1.82, 2.24) is 52.3 Å². The summed E-state index contributed by atoms with van der Waals surface area (Å²) in [5, 5.41) is 80.7. The number of amides is 8.